The second kappa shape index (κ2) is 6.76. The normalized spacial score (nSPS) is 10.5. The van der Waals surface area contributed by atoms with Gasteiger partial charge in [0.1, 0.15) is 11.5 Å². The molecule has 7 heteroatoms. The number of halogens is 1. The van der Waals surface area contributed by atoms with Gasteiger partial charge < -0.3 is 10.1 Å². The molecular formula is C17H14FN3O2S. The summed E-state index contributed by atoms with van der Waals surface area (Å²) in [7, 11) is 1.52. The molecule has 0 saturated heterocycles. The summed E-state index contributed by atoms with van der Waals surface area (Å²) in [6.07, 6.45) is 1.51. The summed E-state index contributed by atoms with van der Waals surface area (Å²) < 4.78 is 18.1. The predicted molar refractivity (Wildman–Crippen MR) is 91.0 cm³/mol. The van der Waals surface area contributed by atoms with Crippen LogP contribution in [-0.2, 0) is 0 Å². The van der Waals surface area contributed by atoms with E-state index in [1.165, 1.54) is 36.8 Å². The number of pyridine rings is 1. The Morgan fingerprint density at radius 3 is 2.58 bits per heavy atom. The molecule has 0 saturated carbocycles. The van der Waals surface area contributed by atoms with Crippen molar-refractivity contribution in [2.75, 3.05) is 12.4 Å². The van der Waals surface area contributed by atoms with Crippen molar-refractivity contribution in [1.82, 2.24) is 9.97 Å². The van der Waals surface area contributed by atoms with E-state index in [4.69, 9.17) is 4.74 Å². The Balaban J connectivity index is 1.88. The Kier molecular flexibility index (Phi) is 4.52. The molecule has 1 amide bonds. The number of hydrogen-bond acceptors (Lipinski definition) is 5. The molecule has 24 heavy (non-hydrogen) atoms. The summed E-state index contributed by atoms with van der Waals surface area (Å²) in [5.74, 6) is -0.203. The molecule has 0 spiro atoms. The summed E-state index contributed by atoms with van der Waals surface area (Å²) in [6, 6.07) is 9.34. The lowest BCUT2D eigenvalue weighted by Gasteiger charge is -2.06. The molecule has 0 aliphatic heterocycles. The molecule has 3 rings (SSSR count). The van der Waals surface area contributed by atoms with Gasteiger partial charge in [0.15, 0.2) is 0 Å². The van der Waals surface area contributed by atoms with Crippen LogP contribution in [0.1, 0.15) is 15.5 Å². The fourth-order valence-electron chi connectivity index (χ4n) is 2.14. The van der Waals surface area contributed by atoms with Crippen molar-refractivity contribution in [3.8, 4) is 16.3 Å². The van der Waals surface area contributed by atoms with E-state index in [9.17, 15) is 9.18 Å². The van der Waals surface area contributed by atoms with Crippen molar-refractivity contribution in [1.29, 1.82) is 0 Å². The van der Waals surface area contributed by atoms with Crippen molar-refractivity contribution in [2.45, 2.75) is 6.92 Å². The van der Waals surface area contributed by atoms with Crippen LogP contribution >= 0.6 is 11.3 Å². The molecule has 0 radical (unpaired) electrons. The minimum atomic E-state index is -0.342. The lowest BCUT2D eigenvalue weighted by Crippen LogP contribution is -2.13. The summed E-state index contributed by atoms with van der Waals surface area (Å²) in [5, 5.41) is 3.51. The van der Waals surface area contributed by atoms with Crippen LogP contribution in [0.2, 0.25) is 0 Å². The van der Waals surface area contributed by atoms with Crippen LogP contribution in [0.25, 0.3) is 10.4 Å². The fourth-order valence-corrected chi connectivity index (χ4v) is 3.06. The van der Waals surface area contributed by atoms with Crippen LogP contribution in [-0.4, -0.2) is 23.0 Å². The Hall–Kier alpha value is -2.80. The number of anilines is 1. The topological polar surface area (TPSA) is 64.1 Å². The molecule has 3 aromatic rings. The Morgan fingerprint density at radius 1 is 1.21 bits per heavy atom. The fraction of sp³-hybridized carbons (Fsp3) is 0.118. The number of carbonyl (C=O) groups is 1. The van der Waals surface area contributed by atoms with Gasteiger partial charge in [-0.25, -0.2) is 14.4 Å². The molecule has 1 N–H and O–H groups in total. The molecular weight excluding hydrogens is 329 g/mol. The number of rotatable bonds is 4. The van der Waals surface area contributed by atoms with E-state index in [-0.39, 0.29) is 11.7 Å². The minimum absolute atomic E-state index is 0.305. The zero-order valence-electron chi connectivity index (χ0n) is 13.0. The first kappa shape index (κ1) is 16.1. The molecule has 2 heterocycles. The van der Waals surface area contributed by atoms with Crippen LogP contribution in [0, 0.1) is 12.7 Å². The van der Waals surface area contributed by atoms with E-state index < -0.39 is 0 Å². The maximum Gasteiger partial charge on any atom is 0.275 e. The first-order chi connectivity index (χ1) is 11.6. The molecule has 0 fully saturated rings. The number of carbonyl (C=O) groups excluding carboxylic acids is 1. The van der Waals surface area contributed by atoms with Crippen LogP contribution in [0.5, 0.6) is 5.88 Å². The Bertz CT molecular complexity index is 861. The van der Waals surface area contributed by atoms with Crippen LogP contribution < -0.4 is 10.1 Å². The monoisotopic (exact) mass is 343 g/mol. The van der Waals surface area contributed by atoms with Crippen molar-refractivity contribution in [3.63, 3.8) is 0 Å². The van der Waals surface area contributed by atoms with Crippen LogP contribution in [0.15, 0.2) is 42.6 Å². The standard InChI is InChI=1S/C17H14FN3O2S/c1-10-20-15(16(24-10)11-3-5-12(18)6-4-11)17(22)21-13-7-8-14(23-2)19-9-13/h3-9H,1-2H3,(H,21,22). The molecule has 0 unspecified atom stereocenters. The number of aromatic nitrogens is 2. The first-order valence-electron chi connectivity index (χ1n) is 7.11. The second-order valence-corrected chi connectivity index (χ2v) is 6.16. The lowest BCUT2D eigenvalue weighted by molar-refractivity contribution is 0.102. The van der Waals surface area contributed by atoms with E-state index in [0.29, 0.717) is 22.1 Å². The predicted octanol–water partition coefficient (Wildman–Crippen LogP) is 3.91. The van der Waals surface area contributed by atoms with Gasteiger partial charge >= 0.3 is 0 Å². The van der Waals surface area contributed by atoms with Gasteiger partial charge in [0, 0.05) is 6.07 Å². The molecule has 0 bridgehead atoms. The highest BCUT2D eigenvalue weighted by molar-refractivity contribution is 7.15. The minimum Gasteiger partial charge on any atom is -0.481 e. The number of hydrogen-bond donors (Lipinski definition) is 1. The maximum atomic E-state index is 13.1. The van der Waals surface area contributed by atoms with Gasteiger partial charge in [-0.2, -0.15) is 0 Å². The van der Waals surface area contributed by atoms with Crippen LogP contribution in [0.3, 0.4) is 0 Å². The average Bonchev–Trinajstić information content (AvgIpc) is 2.98. The quantitative estimate of drug-likeness (QED) is 0.780. The Morgan fingerprint density at radius 2 is 1.96 bits per heavy atom. The number of nitrogens with zero attached hydrogens (tertiary/aromatic N) is 2. The number of benzene rings is 1. The van der Waals surface area contributed by atoms with Gasteiger partial charge in [-0.3, -0.25) is 4.79 Å². The second-order valence-electron chi connectivity index (χ2n) is 4.96. The van der Waals surface area contributed by atoms with Gasteiger partial charge in [-0.15, -0.1) is 11.3 Å². The number of aryl methyl sites for hydroxylation is 1. The van der Waals surface area contributed by atoms with Gasteiger partial charge in [0.2, 0.25) is 5.88 Å². The van der Waals surface area contributed by atoms with E-state index in [1.807, 2.05) is 6.92 Å². The zero-order chi connectivity index (χ0) is 17.1. The maximum absolute atomic E-state index is 13.1. The summed E-state index contributed by atoms with van der Waals surface area (Å²) in [6.45, 7) is 1.82. The summed E-state index contributed by atoms with van der Waals surface area (Å²) in [5.41, 5.74) is 1.59. The third-order valence-electron chi connectivity index (χ3n) is 3.26. The SMILES string of the molecule is COc1ccc(NC(=O)c2nc(C)sc2-c2ccc(F)cc2)cn1. The van der Waals surface area contributed by atoms with Gasteiger partial charge in [0.05, 0.1) is 28.9 Å². The number of methoxy groups -OCH3 is 1. The van der Waals surface area contributed by atoms with E-state index in [2.05, 4.69) is 15.3 Å². The molecule has 2 aromatic heterocycles. The van der Waals surface area contributed by atoms with Crippen molar-refractivity contribution in [2.24, 2.45) is 0 Å². The van der Waals surface area contributed by atoms with E-state index in [1.54, 1.807) is 24.3 Å². The number of ether oxygens (including phenoxy) is 1. The summed E-state index contributed by atoms with van der Waals surface area (Å²) >= 11 is 1.39. The van der Waals surface area contributed by atoms with Gasteiger partial charge in [-0.1, -0.05) is 12.1 Å². The zero-order valence-corrected chi connectivity index (χ0v) is 13.9. The third-order valence-corrected chi connectivity index (χ3v) is 4.28. The highest BCUT2D eigenvalue weighted by Gasteiger charge is 2.18. The van der Waals surface area contributed by atoms with E-state index >= 15 is 0 Å². The smallest absolute Gasteiger partial charge is 0.275 e. The summed E-state index contributed by atoms with van der Waals surface area (Å²) in [4.78, 5) is 21.6. The average molecular weight is 343 g/mol. The number of amides is 1. The molecule has 1 aromatic carbocycles. The molecule has 0 atom stereocenters. The van der Waals surface area contributed by atoms with Gasteiger partial charge in [-0.05, 0) is 30.7 Å². The van der Waals surface area contributed by atoms with Crippen molar-refractivity contribution >= 4 is 22.9 Å². The highest BCUT2D eigenvalue weighted by Crippen LogP contribution is 2.30. The van der Waals surface area contributed by atoms with Crippen molar-refractivity contribution in [3.05, 3.63) is 59.1 Å². The lowest BCUT2D eigenvalue weighted by atomic mass is 10.1. The largest absolute Gasteiger partial charge is 0.481 e. The Labute approximate surface area is 142 Å². The number of thiazole rings is 1. The molecule has 0 aliphatic carbocycles. The molecule has 5 nitrogen and oxygen atoms in total. The molecule has 122 valence electrons. The first-order valence-corrected chi connectivity index (χ1v) is 7.93. The van der Waals surface area contributed by atoms with Gasteiger partial charge in [0.25, 0.3) is 5.91 Å². The number of nitrogens with one attached hydrogen (secondary N) is 1. The van der Waals surface area contributed by atoms with Crippen molar-refractivity contribution < 1.29 is 13.9 Å². The molecule has 0 aliphatic rings. The van der Waals surface area contributed by atoms with Crippen LogP contribution in [0.4, 0.5) is 10.1 Å². The highest BCUT2D eigenvalue weighted by atomic mass is 32.1. The van der Waals surface area contributed by atoms with E-state index in [0.717, 1.165) is 10.6 Å². The third kappa shape index (κ3) is 3.41.